The Morgan fingerprint density at radius 2 is 1.30 bits per heavy atom. The summed E-state index contributed by atoms with van der Waals surface area (Å²) in [5.41, 5.74) is 0.0513. The smallest absolute Gasteiger partial charge is 0.347 e. The monoisotopic (exact) mass is 684 g/mol. The molecule has 5 rings (SSSR count). The van der Waals surface area contributed by atoms with E-state index in [2.05, 4.69) is 9.97 Å². The molecule has 4 aromatic carbocycles. The van der Waals surface area contributed by atoms with Crippen molar-refractivity contribution < 1.29 is 38.7 Å². The van der Waals surface area contributed by atoms with E-state index in [0.717, 1.165) is 0 Å². The zero-order chi connectivity index (χ0) is 33.4. The van der Waals surface area contributed by atoms with Crippen LogP contribution in [0.25, 0.3) is 11.0 Å². The lowest BCUT2D eigenvalue weighted by Gasteiger charge is -2.21. The second-order valence-electron chi connectivity index (χ2n) is 10.1. The third-order valence-corrected chi connectivity index (χ3v) is 6.79. The third-order valence-electron chi connectivity index (χ3n) is 6.02. The van der Waals surface area contributed by atoms with E-state index in [9.17, 15) is 9.59 Å². The number of benzene rings is 4. The van der Waals surface area contributed by atoms with Crippen molar-refractivity contribution in [1.29, 1.82) is 0 Å². The topological polar surface area (TPSA) is 137 Å². The quantitative estimate of drug-likeness (QED) is 0.147. The number of aromatic nitrogens is 2. The number of aliphatic carboxylic acids is 2. The van der Waals surface area contributed by atoms with Crippen LogP contribution in [0.2, 0.25) is 15.1 Å². The molecule has 1 heterocycles. The molecule has 0 aliphatic carbocycles. The minimum absolute atomic E-state index is 0.345. The van der Waals surface area contributed by atoms with Gasteiger partial charge in [-0.2, -0.15) is 0 Å². The summed E-state index contributed by atoms with van der Waals surface area (Å²) in [6.07, 6.45) is 0.588. The maximum absolute atomic E-state index is 11.0. The Morgan fingerprint density at radius 1 is 0.739 bits per heavy atom. The lowest BCUT2D eigenvalue weighted by Crippen LogP contribution is -2.37. The number of carboxylic acid groups (broad SMARTS) is 2. The summed E-state index contributed by atoms with van der Waals surface area (Å²) in [5, 5.41) is 19.4. The highest BCUT2D eigenvalue weighted by Crippen LogP contribution is 2.32. The van der Waals surface area contributed by atoms with Gasteiger partial charge in [-0.15, -0.1) is 0 Å². The summed E-state index contributed by atoms with van der Waals surface area (Å²) in [4.78, 5) is 30.4. The molecule has 0 aliphatic heterocycles. The van der Waals surface area contributed by atoms with Gasteiger partial charge in [-0.3, -0.25) is 0 Å². The number of carbonyl (C=O) groups is 2. The van der Waals surface area contributed by atoms with Crippen molar-refractivity contribution in [3.8, 4) is 34.6 Å². The molecule has 46 heavy (non-hydrogen) atoms. The van der Waals surface area contributed by atoms with Crippen molar-refractivity contribution in [2.24, 2.45) is 0 Å². The molecule has 0 fully saturated rings. The van der Waals surface area contributed by atoms with E-state index in [0.29, 0.717) is 60.7 Å². The molecule has 0 saturated heterocycles. The fourth-order valence-corrected chi connectivity index (χ4v) is 4.19. The highest BCUT2D eigenvalue weighted by Gasteiger charge is 2.29. The normalized spacial score (nSPS) is 11.5. The van der Waals surface area contributed by atoms with Gasteiger partial charge in [0.15, 0.2) is 11.7 Å². The van der Waals surface area contributed by atoms with Crippen molar-refractivity contribution in [2.45, 2.75) is 32.5 Å². The zero-order valence-electron chi connectivity index (χ0n) is 24.6. The second kappa shape index (κ2) is 15.0. The first-order valence-electron chi connectivity index (χ1n) is 13.5. The summed E-state index contributed by atoms with van der Waals surface area (Å²) in [6, 6.07) is 23.3. The van der Waals surface area contributed by atoms with Crippen molar-refractivity contribution in [3.05, 3.63) is 106 Å². The van der Waals surface area contributed by atoms with Crippen LogP contribution in [0, 0.1) is 0 Å². The highest BCUT2D eigenvalue weighted by molar-refractivity contribution is 6.35. The number of hydrogen-bond acceptors (Lipinski definition) is 8. The van der Waals surface area contributed by atoms with Crippen molar-refractivity contribution in [1.82, 2.24) is 9.97 Å². The zero-order valence-corrected chi connectivity index (χ0v) is 26.9. The SMILES string of the molecule is CC(C)(Oc1ccc(Oc2ccc(Cl)cc2Cl)cc1)C(=O)O.CC(Oc1ccc(Oc2cnc3cc(Cl)ccc3n2)cc1)C(=O)O. The molecule has 1 atom stereocenters. The molecule has 2 N–H and O–H groups in total. The summed E-state index contributed by atoms with van der Waals surface area (Å²) < 4.78 is 21.9. The molecule has 0 saturated carbocycles. The number of nitrogens with zero attached hydrogens (tertiary/aromatic N) is 2. The molecule has 0 spiro atoms. The van der Waals surface area contributed by atoms with E-state index in [-0.39, 0.29) is 0 Å². The fraction of sp³-hybridized carbons (Fsp3) is 0.152. The van der Waals surface area contributed by atoms with Crippen LogP contribution in [-0.2, 0) is 9.59 Å². The number of hydrogen-bond donors (Lipinski definition) is 2. The molecule has 1 unspecified atom stereocenters. The molecule has 0 bridgehead atoms. The maximum Gasteiger partial charge on any atom is 0.347 e. The van der Waals surface area contributed by atoms with Gasteiger partial charge in [-0.25, -0.2) is 19.6 Å². The Morgan fingerprint density at radius 3 is 1.91 bits per heavy atom. The van der Waals surface area contributed by atoms with E-state index in [4.69, 9.17) is 64.0 Å². The van der Waals surface area contributed by atoms with E-state index in [1.54, 1.807) is 84.9 Å². The van der Waals surface area contributed by atoms with Gasteiger partial charge in [-0.05, 0) is 106 Å². The van der Waals surface area contributed by atoms with Gasteiger partial charge >= 0.3 is 11.9 Å². The summed E-state index contributed by atoms with van der Waals surface area (Å²) in [7, 11) is 0. The van der Waals surface area contributed by atoms with Gasteiger partial charge in [0.05, 0.1) is 22.3 Å². The van der Waals surface area contributed by atoms with Crippen LogP contribution in [0.15, 0.2) is 91.1 Å². The van der Waals surface area contributed by atoms with Crippen LogP contribution in [0.4, 0.5) is 0 Å². The molecule has 10 nitrogen and oxygen atoms in total. The molecule has 0 radical (unpaired) electrons. The lowest BCUT2D eigenvalue weighted by molar-refractivity contribution is -0.152. The van der Waals surface area contributed by atoms with Crippen LogP contribution in [-0.4, -0.2) is 43.8 Å². The van der Waals surface area contributed by atoms with Gasteiger partial charge in [0, 0.05) is 10.0 Å². The van der Waals surface area contributed by atoms with Gasteiger partial charge in [0.25, 0.3) is 0 Å². The highest BCUT2D eigenvalue weighted by atomic mass is 35.5. The third kappa shape index (κ3) is 9.61. The Kier molecular flexibility index (Phi) is 11.1. The van der Waals surface area contributed by atoms with Crippen LogP contribution in [0.1, 0.15) is 20.8 Å². The van der Waals surface area contributed by atoms with E-state index in [1.807, 2.05) is 0 Å². The molecule has 238 valence electrons. The van der Waals surface area contributed by atoms with Gasteiger partial charge in [-0.1, -0.05) is 34.8 Å². The largest absolute Gasteiger partial charge is 0.479 e. The molecule has 1 aromatic heterocycles. The molecule has 13 heteroatoms. The van der Waals surface area contributed by atoms with Gasteiger partial charge in [0.2, 0.25) is 5.88 Å². The molecular formula is C33H27Cl3N2O8. The molecule has 5 aromatic rings. The molecule has 0 amide bonds. The number of carboxylic acids is 2. The number of rotatable bonds is 10. The van der Waals surface area contributed by atoms with E-state index in [1.165, 1.54) is 27.0 Å². The first kappa shape index (κ1) is 34.1. The number of fused-ring (bicyclic) bond motifs is 1. The minimum Gasteiger partial charge on any atom is -0.479 e. The van der Waals surface area contributed by atoms with Crippen molar-refractivity contribution in [2.75, 3.05) is 0 Å². The summed E-state index contributed by atoms with van der Waals surface area (Å²) >= 11 is 17.8. The fourth-order valence-electron chi connectivity index (χ4n) is 3.58. The first-order chi connectivity index (χ1) is 21.8. The van der Waals surface area contributed by atoms with Gasteiger partial charge < -0.3 is 29.2 Å². The van der Waals surface area contributed by atoms with E-state index >= 15 is 0 Å². The van der Waals surface area contributed by atoms with Crippen molar-refractivity contribution >= 4 is 57.8 Å². The maximum atomic E-state index is 11.0. The van der Waals surface area contributed by atoms with Crippen LogP contribution in [0.3, 0.4) is 0 Å². The average Bonchev–Trinajstić information content (AvgIpc) is 3.00. The number of ether oxygens (including phenoxy) is 4. The van der Waals surface area contributed by atoms with Crippen LogP contribution in [0.5, 0.6) is 34.6 Å². The summed E-state index contributed by atoms with van der Waals surface area (Å²) in [5.74, 6) is 0.710. The number of halogens is 3. The second-order valence-corrected chi connectivity index (χ2v) is 11.4. The standard InChI is InChI=1S/C17H13ClN2O4.C16H14Cl2O4/c1-10(17(21)22)23-12-3-5-13(6-4-12)24-16-9-19-15-8-11(18)2-7-14(15)20-16;1-16(2,15(19)20)22-12-6-4-11(5-7-12)21-14-8-3-10(17)9-13(14)18/h2-10H,1H3,(H,21,22);3-9H,1-2H3,(H,19,20). The minimum atomic E-state index is -1.30. The predicted molar refractivity (Wildman–Crippen MR) is 174 cm³/mol. The Hall–Kier alpha value is -4.77. The Labute approximate surface area is 279 Å². The Bertz CT molecular complexity index is 1830. The van der Waals surface area contributed by atoms with Crippen LogP contribution >= 0.6 is 34.8 Å². The lowest BCUT2D eigenvalue weighted by atomic mass is 10.1. The average molecular weight is 686 g/mol. The molecular weight excluding hydrogens is 659 g/mol. The van der Waals surface area contributed by atoms with E-state index < -0.39 is 23.6 Å². The first-order valence-corrected chi connectivity index (χ1v) is 14.7. The molecule has 0 aliphatic rings. The van der Waals surface area contributed by atoms with Crippen molar-refractivity contribution in [3.63, 3.8) is 0 Å². The van der Waals surface area contributed by atoms with Gasteiger partial charge in [0.1, 0.15) is 28.7 Å². The Balaban J connectivity index is 0.000000210. The summed E-state index contributed by atoms with van der Waals surface area (Å²) in [6.45, 7) is 4.42. The predicted octanol–water partition coefficient (Wildman–Crippen LogP) is 8.96. The van der Waals surface area contributed by atoms with Crippen LogP contribution < -0.4 is 18.9 Å².